The quantitative estimate of drug-likeness (QED) is 0.901. The minimum Gasteiger partial charge on any atom is -0.325 e. The number of hydrogen-bond donors (Lipinski definition) is 2. The van der Waals surface area contributed by atoms with Crippen molar-refractivity contribution in [2.75, 3.05) is 5.32 Å². The summed E-state index contributed by atoms with van der Waals surface area (Å²) in [5.41, 5.74) is 7.91. The number of amides is 1. The van der Waals surface area contributed by atoms with E-state index in [1.54, 1.807) is 5.38 Å². The van der Waals surface area contributed by atoms with E-state index in [2.05, 4.69) is 24.1 Å². The molecule has 1 aromatic carbocycles. The van der Waals surface area contributed by atoms with Crippen molar-refractivity contribution < 1.29 is 4.79 Å². The zero-order valence-corrected chi connectivity index (χ0v) is 11.8. The summed E-state index contributed by atoms with van der Waals surface area (Å²) in [4.78, 5) is 16.1. The molecule has 4 nitrogen and oxygen atoms in total. The summed E-state index contributed by atoms with van der Waals surface area (Å²) in [6, 6.07) is 7.85. The fourth-order valence-electron chi connectivity index (χ4n) is 1.66. The topological polar surface area (TPSA) is 68.0 Å². The summed E-state index contributed by atoms with van der Waals surface area (Å²) in [6.45, 7) is 4.63. The van der Waals surface area contributed by atoms with Crippen LogP contribution in [0, 0.1) is 0 Å². The van der Waals surface area contributed by atoms with Crippen LogP contribution in [0.1, 0.15) is 40.8 Å². The lowest BCUT2D eigenvalue weighted by atomic mass is 10.0. The molecular weight excluding hydrogens is 258 g/mol. The lowest BCUT2D eigenvalue weighted by molar-refractivity contribution is 0.102. The van der Waals surface area contributed by atoms with Gasteiger partial charge in [-0.3, -0.25) is 4.79 Å². The van der Waals surface area contributed by atoms with Crippen LogP contribution < -0.4 is 11.1 Å². The van der Waals surface area contributed by atoms with Crippen molar-refractivity contribution in [3.63, 3.8) is 0 Å². The van der Waals surface area contributed by atoms with Gasteiger partial charge in [0.25, 0.3) is 5.91 Å². The summed E-state index contributed by atoms with van der Waals surface area (Å²) >= 11 is 1.40. The van der Waals surface area contributed by atoms with Gasteiger partial charge in [0.15, 0.2) is 0 Å². The number of aromatic nitrogens is 1. The summed E-state index contributed by atoms with van der Waals surface area (Å²) in [5.74, 6) is 0.281. The number of carbonyl (C=O) groups excluding carboxylic acids is 1. The van der Waals surface area contributed by atoms with Gasteiger partial charge >= 0.3 is 0 Å². The predicted octanol–water partition coefficient (Wildman–Crippen LogP) is 2.98. The third-order valence-corrected chi connectivity index (χ3v) is 3.67. The van der Waals surface area contributed by atoms with Crippen molar-refractivity contribution in [3.8, 4) is 0 Å². The van der Waals surface area contributed by atoms with Gasteiger partial charge in [0.1, 0.15) is 10.7 Å². The second-order valence-corrected chi connectivity index (χ2v) is 5.50. The van der Waals surface area contributed by atoms with Crippen LogP contribution in [0.2, 0.25) is 0 Å². The Bertz CT molecular complexity index is 560. The SMILES string of the molecule is CC(C)c1ccc(NC(=O)c2csc(CN)n2)cc1. The average Bonchev–Trinajstić information content (AvgIpc) is 2.88. The molecule has 0 bridgehead atoms. The molecule has 2 rings (SSSR count). The highest BCUT2D eigenvalue weighted by atomic mass is 32.1. The molecule has 2 aromatic rings. The zero-order valence-electron chi connectivity index (χ0n) is 11.0. The fourth-order valence-corrected chi connectivity index (χ4v) is 2.31. The molecular formula is C14H17N3OS. The van der Waals surface area contributed by atoms with Crippen LogP contribution in [0.5, 0.6) is 0 Å². The number of thiazole rings is 1. The van der Waals surface area contributed by atoms with Gasteiger partial charge in [-0.1, -0.05) is 26.0 Å². The maximum Gasteiger partial charge on any atom is 0.275 e. The molecule has 0 spiro atoms. The van der Waals surface area contributed by atoms with Crippen LogP contribution >= 0.6 is 11.3 Å². The van der Waals surface area contributed by atoms with Crippen molar-refractivity contribution in [3.05, 3.63) is 45.9 Å². The van der Waals surface area contributed by atoms with Gasteiger partial charge in [0.2, 0.25) is 0 Å². The maximum absolute atomic E-state index is 12.0. The minimum atomic E-state index is -0.201. The van der Waals surface area contributed by atoms with E-state index in [9.17, 15) is 4.79 Å². The Morgan fingerprint density at radius 1 is 1.37 bits per heavy atom. The minimum absolute atomic E-state index is 0.201. The molecule has 0 aliphatic carbocycles. The van der Waals surface area contributed by atoms with Crippen molar-refractivity contribution in [2.24, 2.45) is 5.73 Å². The Kier molecular flexibility index (Phi) is 4.29. The average molecular weight is 275 g/mol. The standard InChI is InChI=1S/C14H17N3OS/c1-9(2)10-3-5-11(6-4-10)16-14(18)12-8-19-13(7-15)17-12/h3-6,8-9H,7,15H2,1-2H3,(H,16,18). The summed E-state index contributed by atoms with van der Waals surface area (Å²) in [5, 5.41) is 5.31. The third-order valence-electron chi connectivity index (χ3n) is 2.79. The molecule has 0 radical (unpaired) electrons. The van der Waals surface area contributed by atoms with Crippen LogP contribution in [0.25, 0.3) is 0 Å². The monoisotopic (exact) mass is 275 g/mol. The third kappa shape index (κ3) is 3.39. The molecule has 0 fully saturated rings. The first-order valence-corrected chi connectivity index (χ1v) is 7.04. The molecule has 0 unspecified atom stereocenters. The lowest BCUT2D eigenvalue weighted by Crippen LogP contribution is -2.12. The molecule has 1 amide bonds. The van der Waals surface area contributed by atoms with E-state index in [1.807, 2.05) is 24.3 Å². The van der Waals surface area contributed by atoms with E-state index >= 15 is 0 Å². The Hall–Kier alpha value is -1.72. The molecule has 0 saturated carbocycles. The Morgan fingerprint density at radius 2 is 2.05 bits per heavy atom. The molecule has 0 atom stereocenters. The van der Waals surface area contributed by atoms with Gasteiger partial charge < -0.3 is 11.1 Å². The molecule has 19 heavy (non-hydrogen) atoms. The highest BCUT2D eigenvalue weighted by molar-refractivity contribution is 7.09. The van der Waals surface area contributed by atoms with Gasteiger partial charge in [0, 0.05) is 17.6 Å². The molecule has 100 valence electrons. The number of rotatable bonds is 4. The van der Waals surface area contributed by atoms with Crippen LogP contribution in [0.4, 0.5) is 5.69 Å². The normalized spacial score (nSPS) is 10.7. The number of nitrogens with two attached hydrogens (primary N) is 1. The van der Waals surface area contributed by atoms with Crippen molar-refractivity contribution in [1.29, 1.82) is 0 Å². The Balaban J connectivity index is 2.06. The van der Waals surface area contributed by atoms with Gasteiger partial charge in [-0.25, -0.2) is 4.98 Å². The van der Waals surface area contributed by atoms with Crippen LogP contribution in [0.15, 0.2) is 29.6 Å². The number of carbonyl (C=O) groups is 1. The summed E-state index contributed by atoms with van der Waals surface area (Å²) in [6.07, 6.45) is 0. The molecule has 0 aliphatic heterocycles. The van der Waals surface area contributed by atoms with Gasteiger partial charge in [-0.05, 0) is 23.6 Å². The first-order valence-electron chi connectivity index (χ1n) is 6.16. The van der Waals surface area contributed by atoms with Crippen LogP contribution in [-0.4, -0.2) is 10.9 Å². The van der Waals surface area contributed by atoms with E-state index in [-0.39, 0.29) is 5.91 Å². The van der Waals surface area contributed by atoms with Gasteiger partial charge in [-0.15, -0.1) is 11.3 Å². The van der Waals surface area contributed by atoms with E-state index < -0.39 is 0 Å². The molecule has 0 aliphatic rings. The second-order valence-electron chi connectivity index (χ2n) is 4.56. The predicted molar refractivity (Wildman–Crippen MR) is 78.5 cm³/mol. The molecule has 0 saturated heterocycles. The molecule has 3 N–H and O–H groups in total. The van der Waals surface area contributed by atoms with Gasteiger partial charge in [-0.2, -0.15) is 0 Å². The van der Waals surface area contributed by atoms with E-state index in [0.717, 1.165) is 10.7 Å². The maximum atomic E-state index is 12.0. The van der Waals surface area contributed by atoms with Crippen LogP contribution in [0.3, 0.4) is 0 Å². The number of nitrogens with one attached hydrogen (secondary N) is 1. The number of benzene rings is 1. The smallest absolute Gasteiger partial charge is 0.275 e. The molecule has 5 heteroatoms. The largest absolute Gasteiger partial charge is 0.325 e. The number of nitrogens with zero attached hydrogens (tertiary/aromatic N) is 1. The van der Waals surface area contributed by atoms with Gasteiger partial charge in [0.05, 0.1) is 0 Å². The van der Waals surface area contributed by atoms with Crippen molar-refractivity contribution >= 4 is 22.9 Å². The number of hydrogen-bond acceptors (Lipinski definition) is 4. The fraction of sp³-hybridized carbons (Fsp3) is 0.286. The highest BCUT2D eigenvalue weighted by Gasteiger charge is 2.10. The van der Waals surface area contributed by atoms with E-state index in [4.69, 9.17) is 5.73 Å². The first kappa shape index (κ1) is 13.7. The lowest BCUT2D eigenvalue weighted by Gasteiger charge is -2.07. The highest BCUT2D eigenvalue weighted by Crippen LogP contribution is 2.18. The molecule has 1 heterocycles. The first-order chi connectivity index (χ1) is 9.10. The second kappa shape index (κ2) is 5.95. The zero-order chi connectivity index (χ0) is 13.8. The Labute approximate surface area is 116 Å². The van der Waals surface area contributed by atoms with Crippen molar-refractivity contribution in [1.82, 2.24) is 4.98 Å². The van der Waals surface area contributed by atoms with E-state index in [0.29, 0.717) is 18.2 Å². The Morgan fingerprint density at radius 3 is 2.58 bits per heavy atom. The summed E-state index contributed by atoms with van der Waals surface area (Å²) < 4.78 is 0. The summed E-state index contributed by atoms with van der Waals surface area (Å²) in [7, 11) is 0. The van der Waals surface area contributed by atoms with Crippen molar-refractivity contribution in [2.45, 2.75) is 26.3 Å². The van der Waals surface area contributed by atoms with E-state index in [1.165, 1.54) is 16.9 Å². The van der Waals surface area contributed by atoms with Crippen LogP contribution in [-0.2, 0) is 6.54 Å². The number of anilines is 1. The molecule has 1 aromatic heterocycles.